The third-order valence-corrected chi connectivity index (χ3v) is 5.94. The third kappa shape index (κ3) is 6.05. The summed E-state index contributed by atoms with van der Waals surface area (Å²) in [5, 5.41) is 26.9. The van der Waals surface area contributed by atoms with E-state index in [0.717, 1.165) is 24.1 Å². The summed E-state index contributed by atoms with van der Waals surface area (Å²) in [6.45, 7) is 1.02. The molecule has 0 amide bonds. The largest absolute Gasteiger partial charge is 0.488 e. The first-order chi connectivity index (χ1) is 18.9. The molecule has 1 radical (unpaired) electrons. The SMILES string of the molecule is O.O=c1[nH]cnc2c1ncn2Cc1ccc(B(O)O)cc1.O=c1[nH]cnc2ncn(Cc3ccc([B]O)cc3)c12. The van der Waals surface area contributed by atoms with E-state index in [0.29, 0.717) is 40.9 Å². The van der Waals surface area contributed by atoms with Gasteiger partial charge in [-0.3, -0.25) is 9.59 Å². The first-order valence-corrected chi connectivity index (χ1v) is 11.7. The van der Waals surface area contributed by atoms with Crippen molar-refractivity contribution in [1.82, 2.24) is 39.0 Å². The minimum atomic E-state index is -1.47. The zero-order valence-corrected chi connectivity index (χ0v) is 20.8. The molecule has 0 fully saturated rings. The highest BCUT2D eigenvalue weighted by atomic mass is 16.4. The van der Waals surface area contributed by atoms with Crippen molar-refractivity contribution in [2.45, 2.75) is 13.1 Å². The van der Waals surface area contributed by atoms with Crippen molar-refractivity contribution in [3.8, 4) is 0 Å². The topological polar surface area (TPSA) is 219 Å². The maximum atomic E-state index is 11.8. The Kier molecular flexibility index (Phi) is 8.66. The Morgan fingerprint density at radius 1 is 0.775 bits per heavy atom. The van der Waals surface area contributed by atoms with E-state index >= 15 is 0 Å². The molecule has 0 aliphatic carbocycles. The molecule has 0 aliphatic rings. The first-order valence-electron chi connectivity index (χ1n) is 11.7. The third-order valence-electron chi connectivity index (χ3n) is 5.94. The lowest BCUT2D eigenvalue weighted by molar-refractivity contribution is 0.426. The molecule has 0 unspecified atom stereocenters. The summed E-state index contributed by atoms with van der Waals surface area (Å²) in [5.74, 6) is 0. The van der Waals surface area contributed by atoms with Gasteiger partial charge in [0.25, 0.3) is 11.1 Å². The zero-order valence-electron chi connectivity index (χ0n) is 20.8. The summed E-state index contributed by atoms with van der Waals surface area (Å²) >= 11 is 0. The van der Waals surface area contributed by atoms with Crippen molar-refractivity contribution in [2.75, 3.05) is 0 Å². The summed E-state index contributed by atoms with van der Waals surface area (Å²) in [6, 6.07) is 14.2. The smallest absolute Gasteiger partial charge is 0.450 e. The number of aromatic nitrogens is 8. The van der Waals surface area contributed by atoms with Crippen LogP contribution in [0.5, 0.6) is 0 Å². The number of nitrogens with one attached hydrogen (secondary N) is 2. The molecule has 0 bridgehead atoms. The fourth-order valence-electron chi connectivity index (χ4n) is 3.94. The maximum absolute atomic E-state index is 11.8. The number of H-pyrrole nitrogens is 2. The van der Waals surface area contributed by atoms with Crippen LogP contribution in [0, 0.1) is 0 Å². The fraction of sp³-hybridized carbons (Fsp3) is 0.0833. The van der Waals surface area contributed by atoms with Crippen molar-refractivity contribution in [3.63, 3.8) is 0 Å². The van der Waals surface area contributed by atoms with Crippen LogP contribution in [0.25, 0.3) is 22.3 Å². The molecular weight excluding hydrogens is 518 g/mol. The monoisotopic (exact) mass is 541 g/mol. The van der Waals surface area contributed by atoms with Gasteiger partial charge in [-0.15, -0.1) is 0 Å². The van der Waals surface area contributed by atoms with E-state index in [1.54, 1.807) is 58.2 Å². The van der Waals surface area contributed by atoms with E-state index in [1.165, 1.54) is 12.7 Å². The number of aromatic amines is 2. The lowest BCUT2D eigenvalue weighted by Gasteiger charge is -2.05. The fourth-order valence-corrected chi connectivity index (χ4v) is 3.94. The molecule has 6 aromatic rings. The Balaban J connectivity index is 0.000000181. The molecule has 0 spiro atoms. The van der Waals surface area contributed by atoms with Crippen molar-refractivity contribution < 1.29 is 20.5 Å². The first kappa shape index (κ1) is 28.1. The molecule has 14 nitrogen and oxygen atoms in total. The second kappa shape index (κ2) is 12.3. The lowest BCUT2D eigenvalue weighted by Crippen LogP contribution is -2.29. The number of rotatable bonds is 6. The molecule has 4 aromatic heterocycles. The highest BCUT2D eigenvalue weighted by Gasteiger charge is 2.11. The van der Waals surface area contributed by atoms with Crippen molar-refractivity contribution in [2.24, 2.45) is 0 Å². The molecule has 0 atom stereocenters. The normalized spacial score (nSPS) is 10.6. The number of hydrogen-bond donors (Lipinski definition) is 5. The highest BCUT2D eigenvalue weighted by Crippen LogP contribution is 2.09. The van der Waals surface area contributed by atoms with E-state index in [9.17, 15) is 9.59 Å². The number of benzene rings is 2. The van der Waals surface area contributed by atoms with Gasteiger partial charge in [0.2, 0.25) is 0 Å². The van der Waals surface area contributed by atoms with Gasteiger partial charge in [-0.25, -0.2) is 19.9 Å². The van der Waals surface area contributed by atoms with Crippen molar-refractivity contribution in [1.29, 1.82) is 0 Å². The summed E-state index contributed by atoms with van der Waals surface area (Å²) in [4.78, 5) is 44.6. The van der Waals surface area contributed by atoms with Crippen LogP contribution in [0.2, 0.25) is 0 Å². The molecule has 2 aromatic carbocycles. The van der Waals surface area contributed by atoms with Crippen LogP contribution in [-0.2, 0) is 13.1 Å². The van der Waals surface area contributed by atoms with Gasteiger partial charge in [0.15, 0.2) is 22.3 Å². The molecular formula is C24H23B2N8O6. The van der Waals surface area contributed by atoms with Gasteiger partial charge in [-0.1, -0.05) is 54.0 Å². The summed E-state index contributed by atoms with van der Waals surface area (Å²) < 4.78 is 3.51. The molecule has 0 saturated heterocycles. The van der Waals surface area contributed by atoms with Gasteiger partial charge in [0, 0.05) is 6.54 Å². The molecule has 201 valence electrons. The Morgan fingerprint density at radius 2 is 1.38 bits per heavy atom. The van der Waals surface area contributed by atoms with Crippen LogP contribution in [0.3, 0.4) is 0 Å². The van der Waals surface area contributed by atoms with Gasteiger partial charge in [0.05, 0.1) is 31.9 Å². The number of nitrogens with zero attached hydrogens (tertiary/aromatic N) is 6. The summed E-state index contributed by atoms with van der Waals surface area (Å²) in [5.41, 5.74) is 4.34. The van der Waals surface area contributed by atoms with E-state index in [1.807, 2.05) is 12.1 Å². The number of imidazole rings is 2. The Morgan fingerprint density at radius 3 is 2.05 bits per heavy atom. The van der Waals surface area contributed by atoms with Crippen LogP contribution in [0.1, 0.15) is 11.1 Å². The summed E-state index contributed by atoms with van der Waals surface area (Å²) in [7, 11) is -0.427. The number of hydrogen-bond acceptors (Lipinski definition) is 9. The van der Waals surface area contributed by atoms with E-state index in [2.05, 4.69) is 29.9 Å². The van der Waals surface area contributed by atoms with Crippen LogP contribution in [-0.4, -0.2) is 74.2 Å². The molecule has 16 heteroatoms. The Labute approximate surface area is 226 Å². The minimum absolute atomic E-state index is 0. The van der Waals surface area contributed by atoms with Gasteiger partial charge < -0.3 is 39.7 Å². The van der Waals surface area contributed by atoms with Crippen molar-refractivity contribution >= 4 is 47.9 Å². The average Bonchev–Trinajstić information content (AvgIpc) is 3.55. The quantitative estimate of drug-likeness (QED) is 0.140. The molecule has 0 saturated carbocycles. The molecule has 0 aliphatic heterocycles. The Bertz CT molecular complexity index is 1830. The second-order valence-corrected chi connectivity index (χ2v) is 8.54. The van der Waals surface area contributed by atoms with Crippen LogP contribution >= 0.6 is 0 Å². The molecule has 4 heterocycles. The van der Waals surface area contributed by atoms with Gasteiger partial charge in [0.1, 0.15) is 0 Å². The second-order valence-electron chi connectivity index (χ2n) is 8.54. The molecule has 6 rings (SSSR count). The number of fused-ring (bicyclic) bond motifs is 2. The standard InChI is InChI=1S/C12H11BN4O3.C12H10BN4O2.H2O/c18-12-10-11(14-6-15-12)17(7-16-10)5-8-1-3-9(4-2-8)13(19)20;18-12-10-11(14-6-15-12)16-7-17(10)5-8-1-3-9(13-19)4-2-8;/h1-4,6-7,19-20H,5H2,(H,14,15,18);1-4,6-7,19H,5H2,(H,14,15,18);1H2. The lowest BCUT2D eigenvalue weighted by atomic mass is 9.80. The predicted molar refractivity (Wildman–Crippen MR) is 148 cm³/mol. The zero-order chi connectivity index (χ0) is 27.4. The van der Waals surface area contributed by atoms with Crippen LogP contribution in [0.15, 0.2) is 83.4 Å². The van der Waals surface area contributed by atoms with E-state index < -0.39 is 7.12 Å². The minimum Gasteiger partial charge on any atom is -0.450 e. The van der Waals surface area contributed by atoms with E-state index in [-0.39, 0.29) is 16.6 Å². The van der Waals surface area contributed by atoms with Crippen LogP contribution in [0.4, 0.5) is 0 Å². The van der Waals surface area contributed by atoms with Crippen LogP contribution < -0.4 is 22.0 Å². The maximum Gasteiger partial charge on any atom is 0.488 e. The van der Waals surface area contributed by atoms with Crippen molar-refractivity contribution in [3.05, 3.63) is 106 Å². The van der Waals surface area contributed by atoms with Gasteiger partial charge in [-0.05, 0) is 16.6 Å². The van der Waals surface area contributed by atoms with Gasteiger partial charge in [-0.2, -0.15) is 0 Å². The average molecular weight is 541 g/mol. The molecule has 7 N–H and O–H groups in total. The van der Waals surface area contributed by atoms with Gasteiger partial charge >= 0.3 is 14.6 Å². The van der Waals surface area contributed by atoms with E-state index in [4.69, 9.17) is 15.1 Å². The predicted octanol–water partition coefficient (Wildman–Crippen LogP) is -2.57. The molecule has 40 heavy (non-hydrogen) atoms. The Hall–Kier alpha value is -4.89. The summed E-state index contributed by atoms with van der Waals surface area (Å²) in [6.07, 6.45) is 5.84. The highest BCUT2D eigenvalue weighted by molar-refractivity contribution is 6.58.